The van der Waals surface area contributed by atoms with Crippen LogP contribution in [0.15, 0.2) is 0 Å². The van der Waals surface area contributed by atoms with Gasteiger partial charge in [-0.05, 0) is 25.7 Å². The Morgan fingerprint density at radius 2 is 1.56 bits per heavy atom. The van der Waals surface area contributed by atoms with Gasteiger partial charge < -0.3 is 20.1 Å². The molecule has 144 valence electrons. The van der Waals surface area contributed by atoms with Crippen LogP contribution in [0.1, 0.15) is 52.4 Å². The second-order valence-corrected chi connectivity index (χ2v) is 6.30. The maximum atomic E-state index is 11.8. The molecule has 2 amide bonds. The minimum Gasteiger partial charge on any atom is -0.377 e. The smallest absolute Gasteiger partial charge is 0.246 e. The third kappa shape index (κ3) is 9.55. The molecule has 7 heteroatoms. The summed E-state index contributed by atoms with van der Waals surface area (Å²) in [7, 11) is 0. The Kier molecular flexibility index (Phi) is 11.1. The molecule has 1 aliphatic carbocycles. The van der Waals surface area contributed by atoms with E-state index < -0.39 is 0 Å². The van der Waals surface area contributed by atoms with Gasteiger partial charge in [0.2, 0.25) is 11.8 Å². The molecule has 0 spiro atoms. The van der Waals surface area contributed by atoms with Crippen LogP contribution in [-0.2, 0) is 23.9 Å². The lowest BCUT2D eigenvalue weighted by molar-refractivity contribution is -0.127. The summed E-state index contributed by atoms with van der Waals surface area (Å²) in [4.78, 5) is 34.5. The van der Waals surface area contributed by atoms with Crippen LogP contribution in [0.25, 0.3) is 0 Å². The second-order valence-electron chi connectivity index (χ2n) is 6.30. The molecule has 0 aromatic rings. The van der Waals surface area contributed by atoms with E-state index in [1.807, 2.05) is 6.92 Å². The van der Waals surface area contributed by atoms with E-state index in [1.54, 1.807) is 6.92 Å². The molecule has 0 heterocycles. The number of carbonyl (C=O) groups excluding carboxylic acids is 3. The normalized spacial score (nSPS) is 20.1. The largest absolute Gasteiger partial charge is 0.377 e. The average molecular weight is 356 g/mol. The molecule has 1 rings (SSSR count). The first-order chi connectivity index (χ1) is 12.1. The molecule has 0 radical (unpaired) electrons. The van der Waals surface area contributed by atoms with Gasteiger partial charge in [-0.1, -0.05) is 13.8 Å². The van der Waals surface area contributed by atoms with Crippen LogP contribution in [0, 0.1) is 5.92 Å². The van der Waals surface area contributed by atoms with Crippen LogP contribution in [0.4, 0.5) is 0 Å². The summed E-state index contributed by atoms with van der Waals surface area (Å²) < 4.78 is 10.6. The van der Waals surface area contributed by atoms with Crippen molar-refractivity contribution in [3.63, 3.8) is 0 Å². The summed E-state index contributed by atoms with van der Waals surface area (Å²) in [6.45, 7) is 5.36. The van der Waals surface area contributed by atoms with Gasteiger partial charge >= 0.3 is 0 Å². The number of hydrogen-bond acceptors (Lipinski definition) is 5. The van der Waals surface area contributed by atoms with Crippen molar-refractivity contribution in [2.45, 2.75) is 58.4 Å². The number of carbonyl (C=O) groups is 3. The molecule has 2 N–H and O–H groups in total. The highest BCUT2D eigenvalue weighted by Gasteiger charge is 2.25. The van der Waals surface area contributed by atoms with E-state index in [9.17, 15) is 14.4 Å². The lowest BCUT2D eigenvalue weighted by atomic mass is 9.83. The van der Waals surface area contributed by atoms with Gasteiger partial charge in [-0.25, -0.2) is 0 Å². The first-order valence-corrected chi connectivity index (χ1v) is 9.31. The molecule has 1 saturated carbocycles. The fraction of sp³-hybridized carbons (Fsp3) is 0.833. The molecule has 1 fully saturated rings. The Morgan fingerprint density at radius 1 is 0.880 bits per heavy atom. The Morgan fingerprint density at radius 3 is 2.20 bits per heavy atom. The number of hydrogen-bond donors (Lipinski definition) is 2. The highest BCUT2D eigenvalue weighted by Crippen LogP contribution is 2.25. The van der Waals surface area contributed by atoms with E-state index in [1.165, 1.54) is 0 Å². The van der Waals surface area contributed by atoms with E-state index >= 15 is 0 Å². The summed E-state index contributed by atoms with van der Waals surface area (Å²) in [5.74, 6) is 0.390. The van der Waals surface area contributed by atoms with Crippen molar-refractivity contribution in [1.29, 1.82) is 0 Å². The SMILES string of the molecule is CCC(=O)NCCOCCOCC(=O)NC1CCC(C(=O)CC)CC1. The Balaban J connectivity index is 1.97. The lowest BCUT2D eigenvalue weighted by Gasteiger charge is -2.28. The Labute approximate surface area is 150 Å². The van der Waals surface area contributed by atoms with Crippen LogP contribution in [-0.4, -0.2) is 56.6 Å². The highest BCUT2D eigenvalue weighted by molar-refractivity contribution is 5.81. The average Bonchev–Trinajstić information content (AvgIpc) is 2.63. The summed E-state index contributed by atoms with van der Waals surface area (Å²) >= 11 is 0. The van der Waals surface area contributed by atoms with Crippen molar-refractivity contribution >= 4 is 17.6 Å². The highest BCUT2D eigenvalue weighted by atomic mass is 16.5. The van der Waals surface area contributed by atoms with Gasteiger partial charge in [0.05, 0.1) is 19.8 Å². The minimum absolute atomic E-state index is 0.00427. The van der Waals surface area contributed by atoms with Crippen LogP contribution in [0.5, 0.6) is 0 Å². The van der Waals surface area contributed by atoms with Crippen LogP contribution >= 0.6 is 0 Å². The van der Waals surface area contributed by atoms with Crippen molar-refractivity contribution < 1.29 is 23.9 Å². The molecular weight excluding hydrogens is 324 g/mol. The topological polar surface area (TPSA) is 93.7 Å². The van der Waals surface area contributed by atoms with E-state index in [-0.39, 0.29) is 30.4 Å². The van der Waals surface area contributed by atoms with E-state index in [2.05, 4.69) is 10.6 Å². The third-order valence-corrected chi connectivity index (χ3v) is 4.39. The summed E-state index contributed by atoms with van der Waals surface area (Å²) in [5.41, 5.74) is 0. The maximum Gasteiger partial charge on any atom is 0.246 e. The molecule has 0 aromatic heterocycles. The predicted octanol–water partition coefficient (Wildman–Crippen LogP) is 1.20. The fourth-order valence-electron chi connectivity index (χ4n) is 2.89. The quantitative estimate of drug-likeness (QED) is 0.513. The van der Waals surface area contributed by atoms with Crippen molar-refractivity contribution in [1.82, 2.24) is 10.6 Å². The van der Waals surface area contributed by atoms with Gasteiger partial charge in [-0.15, -0.1) is 0 Å². The van der Waals surface area contributed by atoms with E-state index in [4.69, 9.17) is 9.47 Å². The fourth-order valence-corrected chi connectivity index (χ4v) is 2.89. The molecule has 0 aliphatic heterocycles. The molecule has 0 bridgehead atoms. The molecular formula is C18H32N2O5. The maximum absolute atomic E-state index is 11.8. The number of ketones is 1. The van der Waals surface area contributed by atoms with E-state index in [0.717, 1.165) is 25.7 Å². The number of amides is 2. The van der Waals surface area contributed by atoms with Gasteiger partial charge in [-0.3, -0.25) is 14.4 Å². The summed E-state index contributed by atoms with van der Waals surface area (Å²) in [6, 6.07) is 0.149. The van der Waals surface area contributed by atoms with Crippen molar-refractivity contribution in [3.05, 3.63) is 0 Å². The van der Waals surface area contributed by atoms with Crippen LogP contribution < -0.4 is 10.6 Å². The molecule has 7 nitrogen and oxygen atoms in total. The molecule has 1 aliphatic rings. The summed E-state index contributed by atoms with van der Waals surface area (Å²) in [6.07, 6.45) is 4.50. The van der Waals surface area contributed by atoms with E-state index in [0.29, 0.717) is 45.0 Å². The number of rotatable bonds is 12. The van der Waals surface area contributed by atoms with Crippen LogP contribution in [0.3, 0.4) is 0 Å². The van der Waals surface area contributed by atoms with Crippen molar-refractivity contribution in [2.24, 2.45) is 5.92 Å². The summed E-state index contributed by atoms with van der Waals surface area (Å²) in [5, 5.41) is 5.67. The predicted molar refractivity (Wildman–Crippen MR) is 94.1 cm³/mol. The van der Waals surface area contributed by atoms with Gasteiger partial charge in [-0.2, -0.15) is 0 Å². The minimum atomic E-state index is -0.125. The van der Waals surface area contributed by atoms with Gasteiger partial charge in [0, 0.05) is 31.3 Å². The number of Topliss-reactive ketones (excluding diaryl/α,β-unsaturated/α-hetero) is 1. The van der Waals surface area contributed by atoms with Gasteiger partial charge in [0.25, 0.3) is 0 Å². The van der Waals surface area contributed by atoms with Gasteiger partial charge in [0.15, 0.2) is 0 Å². The monoisotopic (exact) mass is 356 g/mol. The standard InChI is InChI=1S/C18H32N2O5/c1-3-16(21)14-5-7-15(8-6-14)20-18(23)13-25-12-11-24-10-9-19-17(22)4-2/h14-15H,3-13H2,1-2H3,(H,19,22)(H,20,23). The number of ether oxygens (including phenoxy) is 2. The second kappa shape index (κ2) is 12.8. The zero-order valence-electron chi connectivity index (χ0n) is 15.5. The first-order valence-electron chi connectivity index (χ1n) is 9.31. The van der Waals surface area contributed by atoms with Crippen molar-refractivity contribution in [2.75, 3.05) is 33.0 Å². The zero-order chi connectivity index (χ0) is 18.5. The van der Waals surface area contributed by atoms with Gasteiger partial charge in [0.1, 0.15) is 12.4 Å². The first kappa shape index (κ1) is 21.6. The molecule has 0 atom stereocenters. The molecule has 0 unspecified atom stereocenters. The van der Waals surface area contributed by atoms with Crippen molar-refractivity contribution in [3.8, 4) is 0 Å². The molecule has 25 heavy (non-hydrogen) atoms. The zero-order valence-corrected chi connectivity index (χ0v) is 15.5. The molecule has 0 saturated heterocycles. The Hall–Kier alpha value is -1.47. The van der Waals surface area contributed by atoms with Crippen LogP contribution in [0.2, 0.25) is 0 Å². The molecule has 0 aromatic carbocycles. The third-order valence-electron chi connectivity index (χ3n) is 4.39. The number of nitrogens with one attached hydrogen (secondary N) is 2. The lowest BCUT2D eigenvalue weighted by Crippen LogP contribution is -2.40. The Bertz CT molecular complexity index is 420.